The number of methoxy groups -OCH3 is 1. The van der Waals surface area contributed by atoms with Gasteiger partial charge in [0, 0.05) is 30.5 Å². The highest BCUT2D eigenvalue weighted by atomic mass is 16.5. The minimum absolute atomic E-state index is 0.235. The maximum absolute atomic E-state index is 12.2. The van der Waals surface area contributed by atoms with Gasteiger partial charge < -0.3 is 25.4 Å². The van der Waals surface area contributed by atoms with Crippen LogP contribution in [0.25, 0.3) is 6.08 Å². The molecule has 2 aromatic carbocycles. The lowest BCUT2D eigenvalue weighted by Gasteiger charge is -2.21. The summed E-state index contributed by atoms with van der Waals surface area (Å²) in [4.78, 5) is 25.3. The Balaban J connectivity index is 2.00. The number of carbonyl (C=O) groups is 2. The van der Waals surface area contributed by atoms with Crippen molar-refractivity contribution in [2.45, 2.75) is 13.8 Å². The van der Waals surface area contributed by atoms with Crippen molar-refractivity contribution in [3.63, 3.8) is 0 Å². The van der Waals surface area contributed by atoms with E-state index in [9.17, 15) is 9.59 Å². The number of primary amides is 1. The van der Waals surface area contributed by atoms with E-state index in [1.807, 2.05) is 24.3 Å². The van der Waals surface area contributed by atoms with Gasteiger partial charge in [0.15, 0.2) is 18.1 Å². The van der Waals surface area contributed by atoms with Crippen molar-refractivity contribution in [3.8, 4) is 11.5 Å². The second-order valence-electron chi connectivity index (χ2n) is 6.21. The second kappa shape index (κ2) is 10.8. The lowest BCUT2D eigenvalue weighted by atomic mass is 10.2. The lowest BCUT2D eigenvalue weighted by molar-refractivity contribution is -0.120. The summed E-state index contributed by atoms with van der Waals surface area (Å²) < 4.78 is 10.5. The van der Waals surface area contributed by atoms with E-state index in [-0.39, 0.29) is 12.5 Å². The number of benzene rings is 2. The normalized spacial score (nSPS) is 10.6. The summed E-state index contributed by atoms with van der Waals surface area (Å²) in [7, 11) is 1.49. The Labute approximate surface area is 171 Å². The highest BCUT2D eigenvalue weighted by Crippen LogP contribution is 2.28. The summed E-state index contributed by atoms with van der Waals surface area (Å²) in [6.45, 7) is 5.84. The first-order valence-corrected chi connectivity index (χ1v) is 9.40. The third-order valence-electron chi connectivity index (χ3n) is 4.25. The van der Waals surface area contributed by atoms with Gasteiger partial charge in [-0.2, -0.15) is 0 Å². The average Bonchev–Trinajstić information content (AvgIpc) is 2.73. The molecule has 0 bridgehead atoms. The number of hydrogen-bond donors (Lipinski definition) is 2. The largest absolute Gasteiger partial charge is 0.493 e. The van der Waals surface area contributed by atoms with E-state index in [2.05, 4.69) is 24.1 Å². The quantitative estimate of drug-likeness (QED) is 0.601. The highest BCUT2D eigenvalue weighted by Gasteiger charge is 2.07. The van der Waals surface area contributed by atoms with Crippen molar-refractivity contribution in [1.82, 2.24) is 0 Å². The topological polar surface area (TPSA) is 93.9 Å². The zero-order valence-electron chi connectivity index (χ0n) is 17.0. The number of rotatable bonds is 10. The number of carbonyl (C=O) groups excluding carboxylic acids is 2. The molecule has 0 unspecified atom stereocenters. The van der Waals surface area contributed by atoms with Crippen molar-refractivity contribution >= 4 is 29.3 Å². The first-order chi connectivity index (χ1) is 14.0. The summed E-state index contributed by atoms with van der Waals surface area (Å²) in [5.74, 6) is 0.0356. The molecule has 7 nitrogen and oxygen atoms in total. The van der Waals surface area contributed by atoms with Crippen molar-refractivity contribution in [2.75, 3.05) is 37.0 Å². The molecule has 154 valence electrons. The molecule has 0 heterocycles. The SMILES string of the molecule is CCN(CC)c1ccc(NC(=O)/C=C/c2ccc(OCC(N)=O)c(OC)c2)cc1. The van der Waals surface area contributed by atoms with E-state index in [1.54, 1.807) is 24.3 Å². The van der Waals surface area contributed by atoms with Crippen LogP contribution >= 0.6 is 0 Å². The minimum atomic E-state index is -0.571. The first-order valence-electron chi connectivity index (χ1n) is 9.40. The smallest absolute Gasteiger partial charge is 0.255 e. The number of nitrogens with two attached hydrogens (primary N) is 1. The van der Waals surface area contributed by atoms with E-state index in [0.717, 1.165) is 30.0 Å². The molecule has 0 spiro atoms. The number of nitrogens with one attached hydrogen (secondary N) is 1. The van der Waals surface area contributed by atoms with Gasteiger partial charge in [0.1, 0.15) is 0 Å². The molecule has 0 aliphatic carbocycles. The Morgan fingerprint density at radius 1 is 1.07 bits per heavy atom. The zero-order valence-corrected chi connectivity index (χ0v) is 17.0. The maximum atomic E-state index is 12.2. The fourth-order valence-electron chi connectivity index (χ4n) is 2.76. The van der Waals surface area contributed by atoms with Gasteiger partial charge in [-0.1, -0.05) is 6.07 Å². The summed E-state index contributed by atoms with van der Waals surface area (Å²) in [5.41, 5.74) is 7.68. The Hall–Kier alpha value is -3.48. The van der Waals surface area contributed by atoms with E-state index >= 15 is 0 Å². The number of nitrogens with zero attached hydrogens (tertiary/aromatic N) is 1. The van der Waals surface area contributed by atoms with Crippen LogP contribution in [0.3, 0.4) is 0 Å². The standard InChI is InChI=1S/C22H27N3O4/c1-4-25(5-2)18-10-8-17(9-11-18)24-22(27)13-7-16-6-12-19(20(14-16)28-3)29-15-21(23)26/h6-14H,4-5,15H2,1-3H3,(H2,23,26)(H,24,27)/b13-7+. The fourth-order valence-corrected chi connectivity index (χ4v) is 2.76. The van der Waals surface area contributed by atoms with Crippen molar-refractivity contribution in [2.24, 2.45) is 5.73 Å². The Morgan fingerprint density at radius 3 is 2.34 bits per heavy atom. The Kier molecular flexibility index (Phi) is 8.09. The molecular formula is C22H27N3O4. The van der Waals surface area contributed by atoms with Crippen molar-refractivity contribution < 1.29 is 19.1 Å². The van der Waals surface area contributed by atoms with Crippen molar-refractivity contribution in [3.05, 3.63) is 54.1 Å². The molecule has 0 fully saturated rings. The van der Waals surface area contributed by atoms with Crippen LogP contribution in [0.2, 0.25) is 0 Å². The fraction of sp³-hybridized carbons (Fsp3) is 0.273. The van der Waals surface area contributed by atoms with Crippen LogP contribution in [0.5, 0.6) is 11.5 Å². The molecule has 0 saturated carbocycles. The third kappa shape index (κ3) is 6.57. The molecule has 0 saturated heterocycles. The van der Waals surface area contributed by atoms with Gasteiger partial charge in [0.25, 0.3) is 5.91 Å². The molecule has 7 heteroatoms. The van der Waals surface area contributed by atoms with E-state index in [0.29, 0.717) is 11.5 Å². The van der Waals surface area contributed by atoms with Crippen LogP contribution in [0.1, 0.15) is 19.4 Å². The van der Waals surface area contributed by atoms with E-state index < -0.39 is 5.91 Å². The number of anilines is 2. The molecule has 3 N–H and O–H groups in total. The van der Waals surface area contributed by atoms with Gasteiger partial charge >= 0.3 is 0 Å². The first kappa shape index (κ1) is 21.8. The third-order valence-corrected chi connectivity index (χ3v) is 4.25. The van der Waals surface area contributed by atoms with Gasteiger partial charge in [0.05, 0.1) is 7.11 Å². The van der Waals surface area contributed by atoms with Crippen molar-refractivity contribution in [1.29, 1.82) is 0 Å². The molecule has 2 aromatic rings. The number of ether oxygens (including phenoxy) is 2. The summed E-state index contributed by atoms with van der Waals surface area (Å²) in [6.07, 6.45) is 3.11. The second-order valence-corrected chi connectivity index (χ2v) is 6.21. The molecular weight excluding hydrogens is 370 g/mol. The van der Waals surface area contributed by atoms with Gasteiger partial charge in [-0.3, -0.25) is 9.59 Å². The molecule has 0 radical (unpaired) electrons. The lowest BCUT2D eigenvalue weighted by Crippen LogP contribution is -2.21. The number of hydrogen-bond acceptors (Lipinski definition) is 5. The number of amides is 2. The van der Waals surface area contributed by atoms with Gasteiger partial charge in [0.2, 0.25) is 5.91 Å². The summed E-state index contributed by atoms with van der Waals surface area (Å²) in [6, 6.07) is 12.9. The van der Waals surface area contributed by atoms with Gasteiger partial charge in [-0.25, -0.2) is 0 Å². The predicted octanol–water partition coefficient (Wildman–Crippen LogP) is 3.06. The van der Waals surface area contributed by atoms with Crippen LogP contribution in [0.15, 0.2) is 48.5 Å². The molecule has 0 aliphatic rings. The zero-order chi connectivity index (χ0) is 21.2. The Morgan fingerprint density at radius 2 is 1.76 bits per heavy atom. The van der Waals surface area contributed by atoms with Crippen LogP contribution in [-0.2, 0) is 9.59 Å². The van der Waals surface area contributed by atoms with E-state index in [4.69, 9.17) is 15.2 Å². The maximum Gasteiger partial charge on any atom is 0.255 e. The highest BCUT2D eigenvalue weighted by molar-refractivity contribution is 6.02. The van der Waals surface area contributed by atoms with Crippen LogP contribution in [-0.4, -0.2) is 38.6 Å². The average molecular weight is 397 g/mol. The van der Waals surface area contributed by atoms with Crippen LogP contribution in [0, 0.1) is 0 Å². The summed E-state index contributed by atoms with van der Waals surface area (Å²) >= 11 is 0. The molecule has 29 heavy (non-hydrogen) atoms. The molecule has 0 aliphatic heterocycles. The molecule has 2 rings (SSSR count). The molecule has 0 aromatic heterocycles. The van der Waals surface area contributed by atoms with Gasteiger partial charge in [-0.05, 0) is 61.9 Å². The van der Waals surface area contributed by atoms with Crippen LogP contribution in [0.4, 0.5) is 11.4 Å². The molecule has 0 atom stereocenters. The Bertz CT molecular complexity index is 859. The van der Waals surface area contributed by atoms with E-state index in [1.165, 1.54) is 13.2 Å². The minimum Gasteiger partial charge on any atom is -0.493 e. The summed E-state index contributed by atoms with van der Waals surface area (Å²) in [5, 5.41) is 2.84. The monoisotopic (exact) mass is 397 g/mol. The predicted molar refractivity (Wildman–Crippen MR) is 115 cm³/mol. The van der Waals surface area contributed by atoms with Gasteiger partial charge in [-0.15, -0.1) is 0 Å². The molecule has 2 amide bonds. The van der Waals surface area contributed by atoms with Crippen LogP contribution < -0.4 is 25.4 Å².